The quantitative estimate of drug-likeness (QED) is 0.419. The van der Waals surface area contributed by atoms with Crippen LogP contribution < -0.4 is 10.0 Å². The number of hydrogen-bond donors (Lipinski definition) is 2. The highest BCUT2D eigenvalue weighted by Gasteiger charge is 2.44. The first-order chi connectivity index (χ1) is 16.2. The summed E-state index contributed by atoms with van der Waals surface area (Å²) in [5.41, 5.74) is 0.472. The molecule has 6 nitrogen and oxygen atoms in total. The Morgan fingerprint density at radius 3 is 2.43 bits per heavy atom. The lowest BCUT2D eigenvalue weighted by Crippen LogP contribution is -2.48. The lowest BCUT2D eigenvalue weighted by atomic mass is 9.86. The fourth-order valence-corrected chi connectivity index (χ4v) is 5.08. The van der Waals surface area contributed by atoms with E-state index in [9.17, 15) is 44.3 Å². The van der Waals surface area contributed by atoms with Gasteiger partial charge < -0.3 is 5.32 Å². The van der Waals surface area contributed by atoms with E-state index in [-0.39, 0.29) is 6.07 Å². The summed E-state index contributed by atoms with van der Waals surface area (Å²) in [6.45, 7) is 0. The van der Waals surface area contributed by atoms with Gasteiger partial charge in [0.1, 0.15) is 12.3 Å². The molecule has 1 unspecified atom stereocenters. The van der Waals surface area contributed by atoms with E-state index in [0.717, 1.165) is 17.7 Å². The van der Waals surface area contributed by atoms with Crippen LogP contribution in [-0.4, -0.2) is 32.8 Å². The number of sulfonamides is 1. The number of amides is 1. The Kier molecular flexibility index (Phi) is 7.60. The number of alkyl halides is 6. The summed E-state index contributed by atoms with van der Waals surface area (Å²) in [6.07, 6.45) is -9.14. The zero-order valence-electron chi connectivity index (χ0n) is 17.9. The van der Waals surface area contributed by atoms with Crippen LogP contribution >= 0.6 is 0 Å². The largest absolute Gasteiger partial charge is 0.416 e. The van der Waals surface area contributed by atoms with Gasteiger partial charge in [-0.15, -0.1) is 0 Å². The van der Waals surface area contributed by atoms with Crippen LogP contribution in [0.3, 0.4) is 0 Å². The van der Waals surface area contributed by atoms with Gasteiger partial charge in [-0.2, -0.15) is 31.1 Å². The normalized spacial score (nSPS) is 17.4. The molecular weight excluding hydrogens is 502 g/mol. The molecule has 1 amide bonds. The van der Waals surface area contributed by atoms with Gasteiger partial charge in [0.15, 0.2) is 0 Å². The average molecular weight is 522 g/mol. The number of halogens is 6. The molecule has 1 aliphatic carbocycles. The fraction of sp³-hybridized carbons (Fsp3) is 0.364. The Balaban J connectivity index is 1.77. The Morgan fingerprint density at radius 2 is 1.80 bits per heavy atom. The fourth-order valence-electron chi connectivity index (χ4n) is 3.82. The number of carbonyl (C=O) groups excluding carboxylic acids is 2. The Bertz CT molecular complexity index is 1210. The van der Waals surface area contributed by atoms with Gasteiger partial charge >= 0.3 is 12.4 Å². The van der Waals surface area contributed by atoms with Crippen LogP contribution in [0, 0.1) is 0 Å². The van der Waals surface area contributed by atoms with Crippen LogP contribution in [0.1, 0.15) is 52.4 Å². The molecule has 13 heteroatoms. The van der Waals surface area contributed by atoms with Crippen molar-refractivity contribution in [2.75, 3.05) is 0 Å². The summed E-state index contributed by atoms with van der Waals surface area (Å²) >= 11 is 0. The van der Waals surface area contributed by atoms with Crippen molar-refractivity contribution in [1.82, 2.24) is 10.0 Å². The second kappa shape index (κ2) is 9.97. The molecule has 2 N–H and O–H groups in total. The zero-order chi connectivity index (χ0) is 26.0. The van der Waals surface area contributed by atoms with Gasteiger partial charge in [0.25, 0.3) is 0 Å². The van der Waals surface area contributed by atoms with E-state index in [2.05, 4.69) is 5.32 Å². The number of hydrogen-bond acceptors (Lipinski definition) is 4. The zero-order valence-corrected chi connectivity index (χ0v) is 18.7. The van der Waals surface area contributed by atoms with Gasteiger partial charge in [0, 0.05) is 5.56 Å². The maximum Gasteiger partial charge on any atom is 0.416 e. The Labute approximate surface area is 196 Å². The average Bonchev–Trinajstić information content (AvgIpc) is 2.77. The molecule has 2 atom stereocenters. The van der Waals surface area contributed by atoms with E-state index in [4.69, 9.17) is 0 Å². The van der Waals surface area contributed by atoms with Gasteiger partial charge in [-0.3, -0.25) is 9.59 Å². The summed E-state index contributed by atoms with van der Waals surface area (Å²) in [4.78, 5) is 22.4. The van der Waals surface area contributed by atoms with Gasteiger partial charge in [-0.05, 0) is 54.7 Å². The maximum atomic E-state index is 13.6. The molecule has 0 aromatic heterocycles. The van der Waals surface area contributed by atoms with Crippen LogP contribution in [0.5, 0.6) is 0 Å². The molecule has 190 valence electrons. The third-order valence-corrected chi connectivity index (χ3v) is 6.98. The third kappa shape index (κ3) is 6.60. The number of carbonyl (C=O) groups is 2. The van der Waals surface area contributed by atoms with E-state index < -0.39 is 57.2 Å². The topological polar surface area (TPSA) is 92.3 Å². The molecule has 0 heterocycles. The van der Waals surface area contributed by atoms with Crippen molar-refractivity contribution in [3.8, 4) is 0 Å². The minimum Gasteiger partial charge on any atom is -0.349 e. The van der Waals surface area contributed by atoms with Crippen molar-refractivity contribution in [1.29, 1.82) is 0 Å². The first kappa shape index (κ1) is 26.7. The van der Waals surface area contributed by atoms with Crippen molar-refractivity contribution in [3.05, 3.63) is 64.7 Å². The van der Waals surface area contributed by atoms with E-state index in [1.54, 1.807) is 12.1 Å². The predicted octanol–water partition coefficient (Wildman–Crippen LogP) is 4.31. The smallest absolute Gasteiger partial charge is 0.349 e. The number of rotatable bonds is 7. The molecule has 0 saturated carbocycles. The summed E-state index contributed by atoms with van der Waals surface area (Å²) in [5, 5.41) is 2.46. The van der Waals surface area contributed by atoms with Gasteiger partial charge in [-0.25, -0.2) is 8.42 Å². The Hall–Kier alpha value is -2.93. The molecule has 0 spiro atoms. The lowest BCUT2D eigenvalue weighted by Gasteiger charge is -2.28. The second-order valence-corrected chi connectivity index (χ2v) is 9.75. The van der Waals surface area contributed by atoms with Crippen LogP contribution in [0.4, 0.5) is 26.3 Å². The van der Waals surface area contributed by atoms with Crippen molar-refractivity contribution < 1.29 is 44.3 Å². The first-order valence-corrected chi connectivity index (χ1v) is 11.8. The van der Waals surface area contributed by atoms with Crippen molar-refractivity contribution in [2.24, 2.45) is 0 Å². The SMILES string of the molecule is O=Cc1ccc2c(c1)CCC[C@H]2NC(=O)CC(NS(=O)(=O)c1cccc(C(F)(F)F)c1)C(F)(F)F. The summed E-state index contributed by atoms with van der Waals surface area (Å²) < 4.78 is 106. The third-order valence-electron chi connectivity index (χ3n) is 5.51. The summed E-state index contributed by atoms with van der Waals surface area (Å²) in [7, 11) is -5.04. The van der Waals surface area contributed by atoms with Gasteiger partial charge in [-0.1, -0.05) is 18.2 Å². The van der Waals surface area contributed by atoms with E-state index in [0.29, 0.717) is 42.7 Å². The van der Waals surface area contributed by atoms with Crippen LogP contribution in [0.2, 0.25) is 0 Å². The van der Waals surface area contributed by atoms with E-state index >= 15 is 0 Å². The molecule has 0 bridgehead atoms. The number of aldehydes is 1. The molecule has 0 saturated heterocycles. The number of fused-ring (bicyclic) bond motifs is 1. The highest BCUT2D eigenvalue weighted by atomic mass is 32.2. The molecule has 0 radical (unpaired) electrons. The van der Waals surface area contributed by atoms with Crippen LogP contribution in [0.25, 0.3) is 0 Å². The number of nitrogens with one attached hydrogen (secondary N) is 2. The van der Waals surface area contributed by atoms with Crippen LogP contribution in [-0.2, 0) is 27.4 Å². The standard InChI is InChI=1S/C22H20F6N2O4S/c23-21(24,25)15-4-2-5-16(10-15)35(33,34)30-19(22(26,27)28)11-20(32)29-18-6-1-3-14-9-13(12-31)7-8-17(14)18/h2,4-5,7-10,12,18-19,30H,1,3,6,11H2,(H,29,32)/t18-,19?/m1/s1. The molecule has 1 aliphatic rings. The molecule has 35 heavy (non-hydrogen) atoms. The minimum atomic E-state index is -5.20. The highest BCUT2D eigenvalue weighted by Crippen LogP contribution is 2.32. The lowest BCUT2D eigenvalue weighted by molar-refractivity contribution is -0.158. The molecule has 2 aromatic carbocycles. The van der Waals surface area contributed by atoms with Crippen molar-refractivity contribution in [3.63, 3.8) is 0 Å². The molecule has 0 aliphatic heterocycles. The Morgan fingerprint density at radius 1 is 1.09 bits per heavy atom. The molecule has 3 rings (SSSR count). The van der Waals surface area contributed by atoms with E-state index in [1.807, 2.05) is 0 Å². The second-order valence-electron chi connectivity index (χ2n) is 8.03. The van der Waals surface area contributed by atoms with Crippen molar-refractivity contribution in [2.45, 2.75) is 55.0 Å². The van der Waals surface area contributed by atoms with E-state index in [1.165, 1.54) is 10.8 Å². The van der Waals surface area contributed by atoms with Gasteiger partial charge in [0.2, 0.25) is 15.9 Å². The number of benzene rings is 2. The van der Waals surface area contributed by atoms with Gasteiger partial charge in [0.05, 0.1) is 22.9 Å². The molecule has 2 aromatic rings. The number of aryl methyl sites for hydroxylation is 1. The van der Waals surface area contributed by atoms with Crippen molar-refractivity contribution >= 4 is 22.2 Å². The summed E-state index contributed by atoms with van der Waals surface area (Å²) in [5.74, 6) is -1.10. The van der Waals surface area contributed by atoms with Crippen LogP contribution in [0.15, 0.2) is 47.4 Å². The first-order valence-electron chi connectivity index (χ1n) is 10.3. The molecular formula is C22H20F6N2O4S. The predicted molar refractivity (Wildman–Crippen MR) is 112 cm³/mol. The summed E-state index contributed by atoms with van der Waals surface area (Å²) in [6, 6.07) is 3.49. The monoisotopic (exact) mass is 522 g/mol. The highest BCUT2D eigenvalue weighted by molar-refractivity contribution is 7.89. The maximum absolute atomic E-state index is 13.6. The minimum absolute atomic E-state index is 0.211. The molecule has 0 fully saturated rings.